The van der Waals surface area contributed by atoms with Gasteiger partial charge in [0, 0.05) is 42.8 Å². The minimum atomic E-state index is 0.0959. The third-order valence-electron chi connectivity index (χ3n) is 6.12. The first-order valence-electron chi connectivity index (χ1n) is 10.3. The second kappa shape index (κ2) is 7.72. The molecule has 0 unspecified atom stereocenters. The van der Waals surface area contributed by atoms with E-state index in [2.05, 4.69) is 71.1 Å². The van der Waals surface area contributed by atoms with E-state index in [9.17, 15) is 0 Å². The fraction of sp³-hybridized carbons (Fsp3) is 0.522. The average molecular weight is 381 g/mol. The van der Waals surface area contributed by atoms with Gasteiger partial charge in [-0.2, -0.15) is 0 Å². The van der Waals surface area contributed by atoms with Crippen LogP contribution in [0.3, 0.4) is 0 Å². The normalized spacial score (nSPS) is 21.9. The van der Waals surface area contributed by atoms with Crippen LogP contribution in [0, 0.1) is 0 Å². The Labute approximate surface area is 167 Å². The van der Waals surface area contributed by atoms with Crippen molar-refractivity contribution < 1.29 is 4.74 Å². The van der Waals surface area contributed by atoms with Crippen molar-refractivity contribution in [1.82, 2.24) is 19.9 Å². The molecule has 1 aliphatic rings. The number of ether oxygens (including phenoxy) is 1. The van der Waals surface area contributed by atoms with E-state index in [4.69, 9.17) is 4.74 Å². The molecule has 0 radical (unpaired) electrons. The zero-order chi connectivity index (χ0) is 19.7. The number of rotatable bonds is 6. The van der Waals surface area contributed by atoms with Gasteiger partial charge in [-0.3, -0.25) is 0 Å². The highest BCUT2D eigenvalue weighted by molar-refractivity contribution is 5.84. The molecule has 0 spiro atoms. The van der Waals surface area contributed by atoms with Crippen LogP contribution in [-0.4, -0.2) is 33.2 Å². The molecule has 0 saturated carbocycles. The molecule has 5 heteroatoms. The Kier molecular flexibility index (Phi) is 5.30. The smallest absolute Gasteiger partial charge is 0.100 e. The Hall–Kier alpha value is -2.11. The first kappa shape index (κ1) is 19.2. The number of para-hydroxylation sites is 1. The highest BCUT2D eigenvalue weighted by atomic mass is 16.5. The molecule has 3 atom stereocenters. The maximum absolute atomic E-state index is 6.02. The van der Waals surface area contributed by atoms with Gasteiger partial charge in [0.15, 0.2) is 0 Å². The largest absolute Gasteiger partial charge is 0.372 e. The van der Waals surface area contributed by atoms with Gasteiger partial charge in [-0.25, -0.2) is 4.98 Å². The minimum absolute atomic E-state index is 0.0959. The van der Waals surface area contributed by atoms with Crippen molar-refractivity contribution in [3.05, 3.63) is 54.2 Å². The fourth-order valence-corrected chi connectivity index (χ4v) is 4.80. The van der Waals surface area contributed by atoms with Crippen molar-refractivity contribution in [2.45, 2.75) is 63.6 Å². The number of aromatic amines is 1. The Morgan fingerprint density at radius 2 is 2.18 bits per heavy atom. The van der Waals surface area contributed by atoms with E-state index in [0.29, 0.717) is 12.1 Å². The van der Waals surface area contributed by atoms with Gasteiger partial charge in [0.05, 0.1) is 18.2 Å². The number of hydrogen-bond acceptors (Lipinski definition) is 3. The van der Waals surface area contributed by atoms with Crippen molar-refractivity contribution in [1.29, 1.82) is 0 Å². The maximum Gasteiger partial charge on any atom is 0.100 e. The lowest BCUT2D eigenvalue weighted by atomic mass is 9.79. The number of nitrogens with one attached hydrogen (secondary N) is 2. The van der Waals surface area contributed by atoms with Crippen LogP contribution in [0.5, 0.6) is 0 Å². The summed E-state index contributed by atoms with van der Waals surface area (Å²) in [7, 11) is 2.04. The summed E-state index contributed by atoms with van der Waals surface area (Å²) in [4.78, 5) is 7.67. The lowest BCUT2D eigenvalue weighted by Crippen LogP contribution is -2.43. The fourth-order valence-electron chi connectivity index (χ4n) is 4.80. The number of hydrogen-bond donors (Lipinski definition) is 2. The minimum Gasteiger partial charge on any atom is -0.372 e. The predicted molar refractivity (Wildman–Crippen MR) is 113 cm³/mol. The molecule has 2 aromatic heterocycles. The monoisotopic (exact) mass is 380 g/mol. The Morgan fingerprint density at radius 1 is 1.36 bits per heavy atom. The summed E-state index contributed by atoms with van der Waals surface area (Å²) >= 11 is 0. The van der Waals surface area contributed by atoms with E-state index < -0.39 is 0 Å². The highest BCUT2D eigenvalue weighted by Crippen LogP contribution is 2.34. The van der Waals surface area contributed by atoms with E-state index in [1.165, 1.54) is 22.2 Å². The van der Waals surface area contributed by atoms with Crippen LogP contribution in [0.2, 0.25) is 0 Å². The van der Waals surface area contributed by atoms with E-state index in [-0.39, 0.29) is 11.5 Å². The molecule has 0 bridgehead atoms. The van der Waals surface area contributed by atoms with Gasteiger partial charge in [0.1, 0.15) is 6.10 Å². The molecule has 3 aromatic rings. The molecule has 3 heterocycles. The van der Waals surface area contributed by atoms with Crippen LogP contribution in [0.25, 0.3) is 10.9 Å². The molecule has 2 N–H and O–H groups in total. The van der Waals surface area contributed by atoms with Crippen LogP contribution in [0.15, 0.2) is 43.0 Å². The van der Waals surface area contributed by atoms with Gasteiger partial charge in [-0.15, -0.1) is 0 Å². The zero-order valence-corrected chi connectivity index (χ0v) is 17.4. The molecule has 0 aliphatic carbocycles. The second-order valence-electron chi connectivity index (χ2n) is 8.91. The van der Waals surface area contributed by atoms with Crippen LogP contribution in [0.1, 0.15) is 57.4 Å². The van der Waals surface area contributed by atoms with Gasteiger partial charge in [-0.05, 0) is 43.2 Å². The van der Waals surface area contributed by atoms with E-state index in [1.54, 1.807) is 0 Å². The van der Waals surface area contributed by atoms with Gasteiger partial charge >= 0.3 is 0 Å². The SMILES string of the molecule is C[C@H](CC(C)(C)c1c[nH]c2ccccc12)N[C@@H]1CCO[C@@H](c2cncn2C)C1. The summed E-state index contributed by atoms with van der Waals surface area (Å²) in [6.07, 6.45) is 9.24. The van der Waals surface area contributed by atoms with Gasteiger partial charge < -0.3 is 19.6 Å². The van der Waals surface area contributed by atoms with Crippen molar-refractivity contribution in [3.8, 4) is 0 Å². The van der Waals surface area contributed by atoms with Crippen LogP contribution in [-0.2, 0) is 17.2 Å². The molecule has 28 heavy (non-hydrogen) atoms. The number of fused-ring (bicyclic) bond motifs is 1. The zero-order valence-electron chi connectivity index (χ0n) is 17.4. The standard InChI is InChI=1S/C23H32N4O/c1-16(12-23(2,3)19-13-25-20-8-6-5-7-18(19)20)26-17-9-10-28-22(11-17)21-14-24-15-27(21)4/h5-8,13-17,22,25-26H,9-12H2,1-4H3/t16-,17-,22-/m1/s1. The Morgan fingerprint density at radius 3 is 2.96 bits per heavy atom. The molecule has 4 rings (SSSR count). The number of aryl methyl sites for hydroxylation is 1. The average Bonchev–Trinajstić information content (AvgIpc) is 3.27. The number of H-pyrrole nitrogens is 1. The van der Waals surface area contributed by atoms with Crippen LogP contribution in [0.4, 0.5) is 0 Å². The number of nitrogens with zero attached hydrogens (tertiary/aromatic N) is 2. The molecule has 1 fully saturated rings. The van der Waals surface area contributed by atoms with Crippen LogP contribution >= 0.6 is 0 Å². The Balaban J connectivity index is 1.40. The van der Waals surface area contributed by atoms with Gasteiger partial charge in [0.2, 0.25) is 0 Å². The summed E-state index contributed by atoms with van der Waals surface area (Å²) < 4.78 is 8.08. The second-order valence-corrected chi connectivity index (χ2v) is 8.91. The third kappa shape index (κ3) is 3.87. The van der Waals surface area contributed by atoms with Crippen molar-refractivity contribution in [3.63, 3.8) is 0 Å². The van der Waals surface area contributed by atoms with E-state index >= 15 is 0 Å². The maximum atomic E-state index is 6.02. The molecule has 1 saturated heterocycles. The molecule has 1 aliphatic heterocycles. The topological polar surface area (TPSA) is 54.9 Å². The summed E-state index contributed by atoms with van der Waals surface area (Å²) in [5, 5.41) is 5.21. The lowest BCUT2D eigenvalue weighted by Gasteiger charge is -2.35. The number of aromatic nitrogens is 3. The van der Waals surface area contributed by atoms with Gasteiger partial charge in [0.25, 0.3) is 0 Å². The van der Waals surface area contributed by atoms with Crippen molar-refractivity contribution in [2.24, 2.45) is 7.05 Å². The summed E-state index contributed by atoms with van der Waals surface area (Å²) in [6.45, 7) is 7.81. The summed E-state index contributed by atoms with van der Waals surface area (Å²) in [6, 6.07) is 9.48. The first-order chi connectivity index (χ1) is 13.4. The highest BCUT2D eigenvalue weighted by Gasteiger charge is 2.30. The molecule has 150 valence electrons. The summed E-state index contributed by atoms with van der Waals surface area (Å²) in [5.74, 6) is 0. The number of imidazole rings is 1. The quantitative estimate of drug-likeness (QED) is 0.663. The predicted octanol–water partition coefficient (Wildman–Crippen LogP) is 4.47. The van der Waals surface area contributed by atoms with Crippen molar-refractivity contribution >= 4 is 10.9 Å². The number of benzene rings is 1. The molecular weight excluding hydrogens is 348 g/mol. The van der Waals surface area contributed by atoms with Gasteiger partial charge in [-0.1, -0.05) is 32.0 Å². The summed E-state index contributed by atoms with van der Waals surface area (Å²) in [5.41, 5.74) is 3.88. The molecule has 5 nitrogen and oxygen atoms in total. The third-order valence-corrected chi connectivity index (χ3v) is 6.12. The molecule has 0 amide bonds. The van der Waals surface area contributed by atoms with E-state index in [0.717, 1.165) is 25.9 Å². The van der Waals surface area contributed by atoms with Crippen molar-refractivity contribution in [2.75, 3.05) is 6.61 Å². The lowest BCUT2D eigenvalue weighted by molar-refractivity contribution is -0.00577. The molecule has 1 aromatic carbocycles. The Bertz CT molecular complexity index is 925. The van der Waals surface area contributed by atoms with E-state index in [1.807, 2.05) is 19.6 Å². The first-order valence-corrected chi connectivity index (χ1v) is 10.3. The molecular formula is C23H32N4O. The van der Waals surface area contributed by atoms with Crippen LogP contribution < -0.4 is 5.32 Å².